The van der Waals surface area contributed by atoms with Crippen LogP contribution in [0.2, 0.25) is 10.0 Å². The molecule has 0 fully saturated rings. The number of benzene rings is 6. The molecule has 0 saturated carbocycles. The summed E-state index contributed by atoms with van der Waals surface area (Å²) >= 11 is 12.4. The Morgan fingerprint density at radius 1 is 0.485 bits per heavy atom. The number of carbonyl (C=O) groups excluding carboxylic acids is 2. The number of rotatable bonds is 16. The number of aryl methyl sites for hydroxylation is 2. The van der Waals surface area contributed by atoms with E-state index in [1.54, 1.807) is 48.5 Å². The second-order valence-electron chi connectivity index (χ2n) is 17.3. The summed E-state index contributed by atoms with van der Waals surface area (Å²) in [6.07, 6.45) is 8.30. The SMILES string of the molecule is CCCCc1cc2c(OCCC)c(c1)Cc1cc(NC(=O)c3ccc(Cl)cc3)cc(c1O)Cc1cc(CCCC)cc(c1OCCC)Cc1cc(NC(=O)c3ccc(Cl)cc3)cc(c1O)C2. The summed E-state index contributed by atoms with van der Waals surface area (Å²) in [5.74, 6) is 1.04. The number of ether oxygens (including phenoxy) is 2. The largest absolute Gasteiger partial charge is 0.507 e. The van der Waals surface area contributed by atoms with Gasteiger partial charge in [-0.1, -0.05) is 88.0 Å². The molecule has 0 aliphatic heterocycles. The normalized spacial score (nSPS) is 12.1. The molecule has 0 unspecified atom stereocenters. The van der Waals surface area contributed by atoms with Gasteiger partial charge in [0.1, 0.15) is 23.0 Å². The molecule has 0 spiro atoms. The highest BCUT2D eigenvalue weighted by Crippen LogP contribution is 2.41. The lowest BCUT2D eigenvalue weighted by Gasteiger charge is -2.23. The molecule has 0 heterocycles. The van der Waals surface area contributed by atoms with Gasteiger partial charge in [-0.3, -0.25) is 9.59 Å². The Hall–Kier alpha value is -5.96. The maximum atomic E-state index is 13.8. The average molecular weight is 928 g/mol. The van der Waals surface area contributed by atoms with E-state index in [4.69, 9.17) is 32.7 Å². The summed E-state index contributed by atoms with van der Waals surface area (Å²) in [6.45, 7) is 9.35. The first-order valence-corrected chi connectivity index (χ1v) is 24.1. The number of phenols is 2. The van der Waals surface area contributed by atoms with E-state index in [0.717, 1.165) is 84.7 Å². The molecule has 66 heavy (non-hydrogen) atoms. The number of anilines is 2. The Morgan fingerprint density at radius 3 is 1.09 bits per heavy atom. The molecule has 7 rings (SSSR count). The summed E-state index contributed by atoms with van der Waals surface area (Å²) in [7, 11) is 0. The first-order valence-electron chi connectivity index (χ1n) is 23.3. The zero-order valence-corrected chi connectivity index (χ0v) is 39.9. The second kappa shape index (κ2) is 22.5. The molecule has 8 bridgehead atoms. The van der Waals surface area contributed by atoms with Crippen LogP contribution in [0, 0.1) is 0 Å². The van der Waals surface area contributed by atoms with Crippen LogP contribution in [-0.2, 0) is 38.5 Å². The number of nitrogens with one attached hydrogen (secondary N) is 2. The van der Waals surface area contributed by atoms with Gasteiger partial charge in [0.25, 0.3) is 11.8 Å². The van der Waals surface area contributed by atoms with Crippen molar-refractivity contribution in [2.75, 3.05) is 23.8 Å². The lowest BCUT2D eigenvalue weighted by molar-refractivity contribution is 0.101. The Balaban J connectivity index is 1.47. The molecule has 10 heteroatoms. The van der Waals surface area contributed by atoms with Crippen LogP contribution < -0.4 is 20.1 Å². The van der Waals surface area contributed by atoms with Gasteiger partial charge in [0.2, 0.25) is 0 Å². The van der Waals surface area contributed by atoms with Crippen molar-refractivity contribution in [2.45, 2.75) is 105 Å². The summed E-state index contributed by atoms with van der Waals surface area (Å²) in [4.78, 5) is 27.5. The monoisotopic (exact) mass is 926 g/mol. The van der Waals surface area contributed by atoms with Crippen molar-refractivity contribution in [3.8, 4) is 23.0 Å². The number of phenolic OH excluding ortho intramolecular Hbond substituents is 2. The number of hydrogen-bond acceptors (Lipinski definition) is 6. The predicted octanol–water partition coefficient (Wildman–Crippen LogP) is 13.8. The molecule has 2 amide bonds. The first kappa shape index (κ1) is 48.0. The standard InChI is InChI=1S/C56H60Cl2N2O6/c1-5-9-11-35-23-43-27-39-31-49(59-55(63)37-13-17-47(57)18-14-37)33-41(51(39)61)29-45-25-36(12-10-6-2)26-46(54(45)66-22-8-4)30-42-34-50(60-56(64)38-15-19-48(58)20-16-38)32-40(52(42)62)28-44(24-35)53(43)65-21-7-3/h13-20,23-26,31-34,61-62H,5-12,21-22,27-30H2,1-4H3,(H,59,63)(H,60,64). The van der Waals surface area contributed by atoms with Crippen molar-refractivity contribution in [1.82, 2.24) is 0 Å². The molecule has 4 N–H and O–H groups in total. The minimum Gasteiger partial charge on any atom is -0.507 e. The minimum atomic E-state index is -0.298. The number of halogens is 2. The fraction of sp³-hybridized carbons (Fsp3) is 0.321. The van der Waals surface area contributed by atoms with E-state index in [9.17, 15) is 19.8 Å². The molecular weight excluding hydrogens is 868 g/mol. The van der Waals surface area contributed by atoms with E-state index < -0.39 is 0 Å². The zero-order valence-electron chi connectivity index (χ0n) is 38.4. The van der Waals surface area contributed by atoms with Crippen LogP contribution in [0.3, 0.4) is 0 Å². The summed E-state index contributed by atoms with van der Waals surface area (Å²) < 4.78 is 13.3. The quantitative estimate of drug-likeness (QED) is 0.0717. The summed E-state index contributed by atoms with van der Waals surface area (Å²) in [6, 6.07) is 29.6. The average Bonchev–Trinajstić information content (AvgIpc) is 3.30. The summed E-state index contributed by atoms with van der Waals surface area (Å²) in [5.41, 5.74) is 10.2. The smallest absolute Gasteiger partial charge is 0.255 e. The van der Waals surface area contributed by atoms with Gasteiger partial charge in [0.05, 0.1) is 13.2 Å². The van der Waals surface area contributed by atoms with Gasteiger partial charge in [-0.15, -0.1) is 0 Å². The van der Waals surface area contributed by atoms with Crippen LogP contribution in [0.4, 0.5) is 11.4 Å². The van der Waals surface area contributed by atoms with Gasteiger partial charge < -0.3 is 30.3 Å². The van der Waals surface area contributed by atoms with E-state index in [0.29, 0.717) is 105 Å². The Morgan fingerprint density at radius 2 is 0.803 bits per heavy atom. The maximum Gasteiger partial charge on any atom is 0.255 e. The molecule has 344 valence electrons. The summed E-state index contributed by atoms with van der Waals surface area (Å²) in [5, 5.41) is 32.2. The molecule has 8 nitrogen and oxygen atoms in total. The van der Waals surface area contributed by atoms with E-state index >= 15 is 0 Å². The topological polar surface area (TPSA) is 117 Å². The molecule has 0 saturated heterocycles. The van der Waals surface area contributed by atoms with E-state index in [1.807, 2.05) is 24.3 Å². The van der Waals surface area contributed by atoms with Gasteiger partial charge >= 0.3 is 0 Å². The highest BCUT2D eigenvalue weighted by Gasteiger charge is 2.24. The number of unbranched alkanes of at least 4 members (excludes halogenated alkanes) is 2. The Bertz CT molecular complexity index is 2400. The van der Waals surface area contributed by atoms with Crippen molar-refractivity contribution < 1.29 is 29.3 Å². The molecule has 0 radical (unpaired) electrons. The van der Waals surface area contributed by atoms with Gasteiger partial charge in [0, 0.05) is 80.5 Å². The van der Waals surface area contributed by atoms with Crippen LogP contribution in [-0.4, -0.2) is 35.2 Å². The lowest BCUT2D eigenvalue weighted by atomic mass is 9.88. The van der Waals surface area contributed by atoms with Crippen LogP contribution in [0.1, 0.15) is 143 Å². The minimum absolute atomic E-state index is 0.138. The number of fused-ring (bicyclic) bond motifs is 8. The van der Waals surface area contributed by atoms with Gasteiger partial charge in [-0.05, 0) is 145 Å². The number of amides is 2. The van der Waals surface area contributed by atoms with Crippen LogP contribution in [0.25, 0.3) is 0 Å². The fourth-order valence-electron chi connectivity index (χ4n) is 8.64. The zero-order chi connectivity index (χ0) is 46.7. The number of carbonyl (C=O) groups is 2. The van der Waals surface area contributed by atoms with Gasteiger partial charge in [-0.25, -0.2) is 0 Å². The Kier molecular flexibility index (Phi) is 16.4. The van der Waals surface area contributed by atoms with Gasteiger partial charge in [-0.2, -0.15) is 0 Å². The van der Waals surface area contributed by atoms with Crippen LogP contribution in [0.5, 0.6) is 23.0 Å². The lowest BCUT2D eigenvalue weighted by Crippen LogP contribution is -2.13. The van der Waals surface area contributed by atoms with Crippen LogP contribution in [0.15, 0.2) is 97.1 Å². The third kappa shape index (κ3) is 11.9. The molecular formula is C56H60Cl2N2O6. The molecule has 6 aromatic carbocycles. The van der Waals surface area contributed by atoms with E-state index in [1.165, 1.54) is 0 Å². The molecule has 6 aromatic rings. The first-order chi connectivity index (χ1) is 32.0. The highest BCUT2D eigenvalue weighted by atomic mass is 35.5. The van der Waals surface area contributed by atoms with E-state index in [-0.39, 0.29) is 23.3 Å². The van der Waals surface area contributed by atoms with Gasteiger partial charge in [0.15, 0.2) is 0 Å². The highest BCUT2D eigenvalue weighted by molar-refractivity contribution is 6.31. The van der Waals surface area contributed by atoms with Crippen molar-refractivity contribution in [1.29, 1.82) is 0 Å². The second-order valence-corrected chi connectivity index (χ2v) is 18.2. The molecule has 0 atom stereocenters. The van der Waals surface area contributed by atoms with Crippen molar-refractivity contribution in [3.63, 3.8) is 0 Å². The molecule has 1 aliphatic carbocycles. The molecule has 1 aliphatic rings. The number of aromatic hydroxyl groups is 2. The van der Waals surface area contributed by atoms with Crippen molar-refractivity contribution >= 4 is 46.4 Å². The molecule has 0 aromatic heterocycles. The third-order valence-electron chi connectivity index (χ3n) is 11.9. The van der Waals surface area contributed by atoms with E-state index in [2.05, 4.69) is 62.6 Å². The number of hydrogen-bond donors (Lipinski definition) is 4. The van der Waals surface area contributed by atoms with Crippen LogP contribution >= 0.6 is 23.2 Å². The maximum absolute atomic E-state index is 13.8. The Labute approximate surface area is 399 Å². The van der Waals surface area contributed by atoms with Crippen molar-refractivity contribution in [2.24, 2.45) is 0 Å². The predicted molar refractivity (Wildman–Crippen MR) is 268 cm³/mol. The fourth-order valence-corrected chi connectivity index (χ4v) is 8.89. The third-order valence-corrected chi connectivity index (χ3v) is 12.4. The van der Waals surface area contributed by atoms with Crippen molar-refractivity contribution in [3.05, 3.63) is 174 Å².